The van der Waals surface area contributed by atoms with E-state index in [2.05, 4.69) is 16.0 Å². The second-order valence-electron chi connectivity index (χ2n) is 7.08. The molecule has 0 unspecified atom stereocenters. The summed E-state index contributed by atoms with van der Waals surface area (Å²) < 4.78 is 0. The first-order valence-corrected chi connectivity index (χ1v) is 9.32. The zero-order chi connectivity index (χ0) is 19.0. The van der Waals surface area contributed by atoms with Crippen LogP contribution in [0.25, 0.3) is 0 Å². The van der Waals surface area contributed by atoms with E-state index in [1.165, 1.54) is 0 Å². The summed E-state index contributed by atoms with van der Waals surface area (Å²) in [5.74, 6) is -0.448. The van der Waals surface area contributed by atoms with Gasteiger partial charge >= 0.3 is 0 Å². The predicted octanol–water partition coefficient (Wildman–Crippen LogP) is 4.83. The summed E-state index contributed by atoms with van der Waals surface area (Å²) in [5.41, 5.74) is 4.12. The minimum Gasteiger partial charge on any atom is -0.299 e. The van der Waals surface area contributed by atoms with Gasteiger partial charge in [0, 0.05) is 35.5 Å². The van der Waals surface area contributed by atoms with E-state index in [1.807, 2.05) is 43.3 Å². The first kappa shape index (κ1) is 17.6. The molecule has 0 N–H and O–H groups in total. The molecule has 1 fully saturated rings. The molecule has 2 aliphatic rings. The van der Waals surface area contributed by atoms with E-state index in [0.717, 1.165) is 16.8 Å². The average Bonchev–Trinajstić information content (AvgIpc) is 2.68. The van der Waals surface area contributed by atoms with Crippen molar-refractivity contribution in [1.82, 2.24) is 4.98 Å². The number of nitriles is 1. The van der Waals surface area contributed by atoms with Crippen LogP contribution in [0.3, 0.4) is 0 Å². The van der Waals surface area contributed by atoms with E-state index in [4.69, 9.17) is 11.6 Å². The van der Waals surface area contributed by atoms with Crippen molar-refractivity contribution in [2.45, 2.75) is 31.6 Å². The van der Waals surface area contributed by atoms with Crippen LogP contribution in [0.1, 0.15) is 42.7 Å². The monoisotopic (exact) mass is 375 g/mol. The van der Waals surface area contributed by atoms with Gasteiger partial charge in [-0.2, -0.15) is 5.26 Å². The summed E-state index contributed by atoms with van der Waals surface area (Å²) >= 11 is 5.99. The van der Waals surface area contributed by atoms with E-state index in [9.17, 15) is 10.1 Å². The molecule has 1 aliphatic carbocycles. The SMILES string of the molecule is CC1=C(C#N)[C@@H](c2cccnc2)[C@@H]2C(=O)C[C@@H](c3ccc(Cl)cc3)CC2=N1. The molecule has 0 saturated heterocycles. The molecule has 0 amide bonds. The van der Waals surface area contributed by atoms with Crippen molar-refractivity contribution in [3.05, 3.63) is 76.2 Å². The van der Waals surface area contributed by atoms with Gasteiger partial charge in [-0.15, -0.1) is 0 Å². The maximum absolute atomic E-state index is 13.2. The Bertz CT molecular complexity index is 986. The van der Waals surface area contributed by atoms with Crippen molar-refractivity contribution in [3.63, 3.8) is 0 Å². The number of aliphatic imine (C=N–C) groups is 1. The third-order valence-corrected chi connectivity index (χ3v) is 5.71. The molecule has 1 aromatic carbocycles. The highest BCUT2D eigenvalue weighted by atomic mass is 35.5. The molecular weight excluding hydrogens is 358 g/mol. The van der Waals surface area contributed by atoms with Crippen molar-refractivity contribution in [1.29, 1.82) is 5.26 Å². The van der Waals surface area contributed by atoms with Gasteiger partial charge in [0.2, 0.25) is 0 Å². The lowest BCUT2D eigenvalue weighted by atomic mass is 9.66. The fraction of sp³-hybridized carbons (Fsp3) is 0.273. The van der Waals surface area contributed by atoms with Gasteiger partial charge in [0.15, 0.2) is 0 Å². The molecule has 27 heavy (non-hydrogen) atoms. The van der Waals surface area contributed by atoms with Gasteiger partial charge in [0.1, 0.15) is 5.78 Å². The Morgan fingerprint density at radius 2 is 1.89 bits per heavy atom. The van der Waals surface area contributed by atoms with Crippen LogP contribution < -0.4 is 0 Å². The van der Waals surface area contributed by atoms with Crippen molar-refractivity contribution in [2.24, 2.45) is 10.9 Å². The standard InChI is InChI=1S/C22H18ClN3O/c1-13-18(11-24)21(15-3-2-8-25-12-15)22-19(26-13)9-16(10-20(22)27)14-4-6-17(23)7-5-14/h2-8,12,16,21-22H,9-10H2,1H3/t16-,21+,22-/m0/s1. The summed E-state index contributed by atoms with van der Waals surface area (Å²) in [6.07, 6.45) is 4.60. The van der Waals surface area contributed by atoms with Crippen LogP contribution in [-0.2, 0) is 4.79 Å². The Morgan fingerprint density at radius 3 is 2.56 bits per heavy atom. The number of hydrogen-bond donors (Lipinski definition) is 0. The zero-order valence-electron chi connectivity index (χ0n) is 14.9. The number of benzene rings is 1. The third-order valence-electron chi connectivity index (χ3n) is 5.46. The number of nitrogens with zero attached hydrogens (tertiary/aromatic N) is 3. The van der Waals surface area contributed by atoms with Crippen molar-refractivity contribution < 1.29 is 4.79 Å². The van der Waals surface area contributed by atoms with E-state index in [1.54, 1.807) is 12.4 Å². The van der Waals surface area contributed by atoms with E-state index < -0.39 is 0 Å². The second-order valence-corrected chi connectivity index (χ2v) is 7.52. The lowest BCUT2D eigenvalue weighted by Crippen LogP contribution is -2.39. The summed E-state index contributed by atoms with van der Waals surface area (Å²) in [4.78, 5) is 22.0. The number of rotatable bonds is 2. The van der Waals surface area contributed by atoms with Crippen LogP contribution in [0.15, 0.2) is 65.1 Å². The Kier molecular flexibility index (Phi) is 4.63. The number of pyridine rings is 1. The Morgan fingerprint density at radius 1 is 1.11 bits per heavy atom. The fourth-order valence-electron chi connectivity index (χ4n) is 4.21. The van der Waals surface area contributed by atoms with Gasteiger partial charge in [-0.05, 0) is 48.6 Å². The fourth-order valence-corrected chi connectivity index (χ4v) is 4.33. The number of fused-ring (bicyclic) bond motifs is 1. The van der Waals surface area contributed by atoms with Gasteiger partial charge < -0.3 is 0 Å². The summed E-state index contributed by atoms with van der Waals surface area (Å²) in [5, 5.41) is 10.4. The molecule has 5 heteroatoms. The molecule has 2 heterocycles. The number of halogens is 1. The molecule has 1 aliphatic heterocycles. The van der Waals surface area contributed by atoms with Gasteiger partial charge in [-0.1, -0.05) is 29.8 Å². The van der Waals surface area contributed by atoms with Crippen LogP contribution in [0.4, 0.5) is 0 Å². The number of aromatic nitrogens is 1. The highest BCUT2D eigenvalue weighted by Gasteiger charge is 2.44. The normalized spacial score (nSPS) is 24.9. The van der Waals surface area contributed by atoms with Gasteiger partial charge in [0.25, 0.3) is 0 Å². The van der Waals surface area contributed by atoms with Crippen molar-refractivity contribution in [3.8, 4) is 6.07 Å². The smallest absolute Gasteiger partial charge is 0.143 e. The van der Waals surface area contributed by atoms with Crippen LogP contribution in [-0.4, -0.2) is 16.5 Å². The number of carbonyl (C=O) groups excluding carboxylic acids is 1. The third kappa shape index (κ3) is 3.20. The topological polar surface area (TPSA) is 66.1 Å². The van der Waals surface area contributed by atoms with Crippen LogP contribution >= 0.6 is 11.6 Å². The molecule has 2 aromatic rings. The Balaban J connectivity index is 1.75. The van der Waals surface area contributed by atoms with Crippen molar-refractivity contribution in [2.75, 3.05) is 0 Å². The maximum Gasteiger partial charge on any atom is 0.143 e. The highest BCUT2D eigenvalue weighted by Crippen LogP contribution is 2.45. The largest absolute Gasteiger partial charge is 0.299 e. The van der Waals surface area contributed by atoms with Crippen LogP contribution in [0.5, 0.6) is 0 Å². The molecule has 0 spiro atoms. The van der Waals surface area contributed by atoms with E-state index in [0.29, 0.717) is 29.1 Å². The van der Waals surface area contributed by atoms with E-state index in [-0.39, 0.29) is 23.5 Å². The van der Waals surface area contributed by atoms with Crippen LogP contribution in [0.2, 0.25) is 5.02 Å². The quantitative estimate of drug-likeness (QED) is 0.754. The predicted molar refractivity (Wildman–Crippen MR) is 105 cm³/mol. The number of allylic oxidation sites excluding steroid dienone is 2. The van der Waals surface area contributed by atoms with E-state index >= 15 is 0 Å². The Hall–Kier alpha value is -2.77. The molecular formula is C22H18ClN3O. The first-order chi connectivity index (χ1) is 13.1. The summed E-state index contributed by atoms with van der Waals surface area (Å²) in [6, 6.07) is 13.7. The highest BCUT2D eigenvalue weighted by molar-refractivity contribution is 6.30. The lowest BCUT2D eigenvalue weighted by molar-refractivity contribution is -0.122. The molecule has 1 saturated carbocycles. The lowest BCUT2D eigenvalue weighted by Gasteiger charge is -2.37. The van der Waals surface area contributed by atoms with Gasteiger partial charge in [0.05, 0.1) is 23.3 Å². The number of Topliss-reactive ketones (excluding diaryl/α,β-unsaturated/α-hetero) is 1. The van der Waals surface area contributed by atoms with Crippen LogP contribution in [0, 0.1) is 17.2 Å². The molecule has 134 valence electrons. The zero-order valence-corrected chi connectivity index (χ0v) is 15.6. The maximum atomic E-state index is 13.2. The molecule has 0 bridgehead atoms. The molecule has 1 aromatic heterocycles. The average molecular weight is 376 g/mol. The summed E-state index contributed by atoms with van der Waals surface area (Å²) in [6.45, 7) is 1.85. The minimum absolute atomic E-state index is 0.0933. The second kappa shape index (κ2) is 7.09. The molecule has 0 radical (unpaired) electrons. The molecule has 4 rings (SSSR count). The molecule has 4 nitrogen and oxygen atoms in total. The number of hydrogen-bond acceptors (Lipinski definition) is 4. The summed E-state index contributed by atoms with van der Waals surface area (Å²) in [7, 11) is 0. The minimum atomic E-state index is -0.379. The number of ketones is 1. The molecule has 3 atom stereocenters. The van der Waals surface area contributed by atoms with Gasteiger partial charge in [-0.3, -0.25) is 14.8 Å². The first-order valence-electron chi connectivity index (χ1n) is 8.95. The van der Waals surface area contributed by atoms with Crippen molar-refractivity contribution >= 4 is 23.1 Å². The Labute approximate surface area is 163 Å². The van der Waals surface area contributed by atoms with Gasteiger partial charge in [-0.25, -0.2) is 0 Å². The number of carbonyl (C=O) groups is 1.